The molecular weight excluding hydrogens is 262 g/mol. The molecule has 1 fully saturated rings. The first-order valence-corrected chi connectivity index (χ1v) is 6.16. The SMILES string of the molecule is Fc1ccc2c(c1)CC(CNC1(C(F)(F)F)CC1)O2. The highest BCUT2D eigenvalue weighted by atomic mass is 19.4. The Hall–Kier alpha value is -1.30. The minimum atomic E-state index is -4.22. The highest BCUT2D eigenvalue weighted by Gasteiger charge is 2.63. The van der Waals surface area contributed by atoms with Crippen LogP contribution in [0.4, 0.5) is 17.6 Å². The predicted octanol–water partition coefficient (Wildman–Crippen LogP) is 2.81. The molecule has 0 amide bonds. The van der Waals surface area contributed by atoms with Crippen LogP contribution in [0.25, 0.3) is 0 Å². The van der Waals surface area contributed by atoms with Crippen molar-refractivity contribution in [3.8, 4) is 5.75 Å². The molecule has 0 spiro atoms. The van der Waals surface area contributed by atoms with E-state index < -0.39 is 11.7 Å². The Bertz CT molecular complexity index is 496. The van der Waals surface area contributed by atoms with E-state index in [4.69, 9.17) is 4.74 Å². The van der Waals surface area contributed by atoms with E-state index in [1.165, 1.54) is 18.2 Å². The van der Waals surface area contributed by atoms with Gasteiger partial charge in [-0.15, -0.1) is 0 Å². The van der Waals surface area contributed by atoms with Gasteiger partial charge in [0.1, 0.15) is 23.2 Å². The maximum Gasteiger partial charge on any atom is 0.406 e. The van der Waals surface area contributed by atoms with Crippen LogP contribution < -0.4 is 10.1 Å². The molecule has 0 radical (unpaired) electrons. The van der Waals surface area contributed by atoms with E-state index in [0.717, 1.165) is 0 Å². The average Bonchev–Trinajstić information content (AvgIpc) is 3.01. The van der Waals surface area contributed by atoms with Crippen LogP contribution in [0.5, 0.6) is 5.75 Å². The second kappa shape index (κ2) is 4.10. The highest BCUT2D eigenvalue weighted by molar-refractivity contribution is 5.38. The van der Waals surface area contributed by atoms with E-state index in [0.29, 0.717) is 17.7 Å². The van der Waals surface area contributed by atoms with Crippen LogP contribution in [0.1, 0.15) is 18.4 Å². The van der Waals surface area contributed by atoms with Crippen molar-refractivity contribution in [2.75, 3.05) is 6.54 Å². The lowest BCUT2D eigenvalue weighted by molar-refractivity contribution is -0.166. The molecule has 1 atom stereocenters. The summed E-state index contributed by atoms with van der Waals surface area (Å²) in [7, 11) is 0. The third-order valence-electron chi connectivity index (χ3n) is 3.72. The Morgan fingerprint density at radius 1 is 1.32 bits per heavy atom. The van der Waals surface area contributed by atoms with Gasteiger partial charge in [-0.25, -0.2) is 4.39 Å². The summed E-state index contributed by atoms with van der Waals surface area (Å²) in [5.74, 6) is 0.204. The molecule has 1 N–H and O–H groups in total. The molecule has 1 aliphatic carbocycles. The quantitative estimate of drug-likeness (QED) is 0.856. The number of halogens is 4. The second-order valence-corrected chi connectivity index (χ2v) is 5.16. The molecular formula is C13H13F4NO. The van der Waals surface area contributed by atoms with E-state index in [9.17, 15) is 17.6 Å². The van der Waals surface area contributed by atoms with Gasteiger partial charge in [-0.2, -0.15) is 13.2 Å². The standard InChI is InChI=1S/C13H13F4NO/c14-9-1-2-11-8(5-9)6-10(19-11)7-18-12(3-4-12)13(15,16)17/h1-2,5,10,18H,3-4,6-7H2. The number of rotatable bonds is 3. The molecule has 19 heavy (non-hydrogen) atoms. The monoisotopic (exact) mass is 275 g/mol. The Morgan fingerprint density at radius 2 is 2.05 bits per heavy atom. The van der Waals surface area contributed by atoms with E-state index in [2.05, 4.69) is 5.32 Å². The van der Waals surface area contributed by atoms with Crippen molar-refractivity contribution in [3.63, 3.8) is 0 Å². The molecule has 104 valence electrons. The molecule has 1 aromatic carbocycles. The Morgan fingerprint density at radius 3 is 2.68 bits per heavy atom. The molecule has 0 aromatic heterocycles. The molecule has 3 rings (SSSR count). The zero-order chi connectivity index (χ0) is 13.7. The summed E-state index contributed by atoms with van der Waals surface area (Å²) in [4.78, 5) is 0. The van der Waals surface area contributed by atoms with Crippen LogP contribution in [0, 0.1) is 5.82 Å². The predicted molar refractivity (Wildman–Crippen MR) is 60.5 cm³/mol. The summed E-state index contributed by atoms with van der Waals surface area (Å²) >= 11 is 0. The zero-order valence-corrected chi connectivity index (χ0v) is 10.1. The van der Waals surface area contributed by atoms with Crippen LogP contribution in [-0.4, -0.2) is 24.4 Å². The second-order valence-electron chi connectivity index (χ2n) is 5.16. The van der Waals surface area contributed by atoms with E-state index in [-0.39, 0.29) is 31.3 Å². The number of nitrogens with one attached hydrogen (secondary N) is 1. The van der Waals surface area contributed by atoms with Crippen molar-refractivity contribution in [1.29, 1.82) is 0 Å². The summed E-state index contributed by atoms with van der Waals surface area (Å²) in [6.45, 7) is 0.121. The zero-order valence-electron chi connectivity index (χ0n) is 10.1. The van der Waals surface area contributed by atoms with Crippen molar-refractivity contribution in [1.82, 2.24) is 5.32 Å². The molecule has 1 saturated carbocycles. The average molecular weight is 275 g/mol. The molecule has 1 unspecified atom stereocenters. The van der Waals surface area contributed by atoms with Gasteiger partial charge < -0.3 is 4.74 Å². The number of ether oxygens (including phenoxy) is 1. The fourth-order valence-corrected chi connectivity index (χ4v) is 2.40. The van der Waals surface area contributed by atoms with Crippen molar-refractivity contribution < 1.29 is 22.3 Å². The van der Waals surface area contributed by atoms with Crippen LogP contribution in [-0.2, 0) is 6.42 Å². The van der Waals surface area contributed by atoms with Crippen molar-refractivity contribution >= 4 is 0 Å². The van der Waals surface area contributed by atoms with Gasteiger partial charge in [-0.3, -0.25) is 5.32 Å². The lowest BCUT2D eigenvalue weighted by atomic mass is 10.1. The Balaban J connectivity index is 1.60. The number of alkyl halides is 3. The molecule has 1 aromatic rings. The summed E-state index contributed by atoms with van der Waals surface area (Å²) < 4.78 is 56.7. The summed E-state index contributed by atoms with van der Waals surface area (Å²) in [6, 6.07) is 4.17. The van der Waals surface area contributed by atoms with Crippen LogP contribution in [0.3, 0.4) is 0 Å². The molecule has 1 aliphatic heterocycles. The maximum absolute atomic E-state index is 13.0. The first-order valence-electron chi connectivity index (χ1n) is 6.16. The lowest BCUT2D eigenvalue weighted by Crippen LogP contribution is -2.48. The Labute approximate surface area is 107 Å². The minimum Gasteiger partial charge on any atom is -0.488 e. The number of hydrogen-bond donors (Lipinski definition) is 1. The van der Waals surface area contributed by atoms with Gasteiger partial charge in [0, 0.05) is 18.5 Å². The molecule has 2 nitrogen and oxygen atoms in total. The molecule has 2 aliphatic rings. The minimum absolute atomic E-state index is 0.116. The number of benzene rings is 1. The first kappa shape index (κ1) is 12.7. The normalized spacial score (nSPS) is 23.9. The van der Waals surface area contributed by atoms with Gasteiger partial charge >= 0.3 is 6.18 Å². The fraction of sp³-hybridized carbons (Fsp3) is 0.538. The van der Waals surface area contributed by atoms with Gasteiger partial charge in [0.25, 0.3) is 0 Å². The van der Waals surface area contributed by atoms with Gasteiger partial charge in [-0.05, 0) is 31.0 Å². The smallest absolute Gasteiger partial charge is 0.406 e. The van der Waals surface area contributed by atoms with Crippen molar-refractivity contribution in [2.24, 2.45) is 0 Å². The topological polar surface area (TPSA) is 21.3 Å². The van der Waals surface area contributed by atoms with Crippen LogP contribution in [0.2, 0.25) is 0 Å². The van der Waals surface area contributed by atoms with Gasteiger partial charge in [0.2, 0.25) is 0 Å². The van der Waals surface area contributed by atoms with Gasteiger partial charge in [0.05, 0.1) is 0 Å². The third kappa shape index (κ3) is 2.29. The Kier molecular flexibility index (Phi) is 2.74. The third-order valence-corrected chi connectivity index (χ3v) is 3.72. The van der Waals surface area contributed by atoms with Crippen molar-refractivity contribution in [3.05, 3.63) is 29.6 Å². The summed E-state index contributed by atoms with van der Waals surface area (Å²) in [6.07, 6.45) is -3.91. The van der Waals surface area contributed by atoms with Crippen LogP contribution >= 0.6 is 0 Å². The fourth-order valence-electron chi connectivity index (χ4n) is 2.40. The lowest BCUT2D eigenvalue weighted by Gasteiger charge is -2.22. The van der Waals surface area contributed by atoms with Gasteiger partial charge in [-0.1, -0.05) is 0 Å². The highest BCUT2D eigenvalue weighted by Crippen LogP contribution is 2.49. The molecule has 0 saturated heterocycles. The largest absolute Gasteiger partial charge is 0.488 e. The maximum atomic E-state index is 13.0. The van der Waals surface area contributed by atoms with Gasteiger partial charge in [0.15, 0.2) is 0 Å². The molecule has 0 bridgehead atoms. The first-order chi connectivity index (χ1) is 8.90. The van der Waals surface area contributed by atoms with Crippen molar-refractivity contribution in [2.45, 2.75) is 37.1 Å². The van der Waals surface area contributed by atoms with Crippen LogP contribution in [0.15, 0.2) is 18.2 Å². The van der Waals surface area contributed by atoms with E-state index >= 15 is 0 Å². The summed E-state index contributed by atoms with van der Waals surface area (Å²) in [5, 5.41) is 2.56. The summed E-state index contributed by atoms with van der Waals surface area (Å²) in [5.41, 5.74) is -1.01. The molecule has 1 heterocycles. The van der Waals surface area contributed by atoms with E-state index in [1.807, 2.05) is 0 Å². The number of fused-ring (bicyclic) bond motifs is 1. The van der Waals surface area contributed by atoms with E-state index in [1.54, 1.807) is 0 Å². The number of hydrogen-bond acceptors (Lipinski definition) is 2. The molecule has 6 heteroatoms.